The lowest BCUT2D eigenvalue weighted by Gasteiger charge is -1.92. The summed E-state index contributed by atoms with van der Waals surface area (Å²) in [6, 6.07) is 16.4. The normalized spacial score (nSPS) is 10.1. The van der Waals surface area contributed by atoms with Crippen LogP contribution in [0.1, 0.15) is 23.6 Å². The van der Waals surface area contributed by atoms with Crippen molar-refractivity contribution >= 4 is 57.3 Å². The standard InChI is InChI=1S/C26H18O4S4/c1-3-29-25(27)15-7-17-5-9-19(31-17)21-11-13-23(33-21)24-14-12-22(34-24)20-10-6-18(32-20)8-16-26(28)30-4-2/h5-6,9-14H,3-4H2,1-2H3. The van der Waals surface area contributed by atoms with Gasteiger partial charge in [-0.15, -0.1) is 45.3 Å². The fourth-order valence-electron chi connectivity index (χ4n) is 2.84. The second kappa shape index (κ2) is 11.3. The van der Waals surface area contributed by atoms with Crippen LogP contribution in [-0.4, -0.2) is 25.2 Å². The van der Waals surface area contributed by atoms with Gasteiger partial charge in [0, 0.05) is 41.1 Å². The van der Waals surface area contributed by atoms with Crippen molar-refractivity contribution in [2.24, 2.45) is 0 Å². The van der Waals surface area contributed by atoms with Crippen LogP contribution in [0.15, 0.2) is 48.5 Å². The van der Waals surface area contributed by atoms with Crippen LogP contribution in [0.25, 0.3) is 29.3 Å². The summed E-state index contributed by atoms with van der Waals surface area (Å²) in [5.74, 6) is 9.74. The van der Waals surface area contributed by atoms with Gasteiger partial charge in [0.05, 0.1) is 23.0 Å². The fraction of sp³-hybridized carbons (Fsp3) is 0.154. The van der Waals surface area contributed by atoms with Gasteiger partial charge in [-0.25, -0.2) is 9.59 Å². The molecule has 0 saturated carbocycles. The predicted molar refractivity (Wildman–Crippen MR) is 141 cm³/mol. The quantitative estimate of drug-likeness (QED) is 0.215. The first-order valence-electron chi connectivity index (χ1n) is 10.3. The van der Waals surface area contributed by atoms with Crippen molar-refractivity contribution in [3.63, 3.8) is 0 Å². The van der Waals surface area contributed by atoms with Crippen molar-refractivity contribution in [2.45, 2.75) is 13.8 Å². The van der Waals surface area contributed by atoms with Gasteiger partial charge in [0.15, 0.2) is 0 Å². The monoisotopic (exact) mass is 522 g/mol. The fourth-order valence-corrected chi connectivity index (χ4v) is 6.84. The van der Waals surface area contributed by atoms with Crippen molar-refractivity contribution < 1.29 is 19.1 Å². The van der Waals surface area contributed by atoms with Crippen LogP contribution in [0.5, 0.6) is 0 Å². The summed E-state index contributed by atoms with van der Waals surface area (Å²) in [6.07, 6.45) is 0. The zero-order chi connectivity index (χ0) is 23.9. The van der Waals surface area contributed by atoms with Gasteiger partial charge in [0.2, 0.25) is 0 Å². The van der Waals surface area contributed by atoms with E-state index in [1.54, 1.807) is 59.2 Å². The van der Waals surface area contributed by atoms with Crippen LogP contribution in [0.4, 0.5) is 0 Å². The minimum atomic E-state index is -0.506. The van der Waals surface area contributed by atoms with Gasteiger partial charge in [0.1, 0.15) is 0 Å². The lowest BCUT2D eigenvalue weighted by Crippen LogP contribution is -1.99. The minimum absolute atomic E-state index is 0.322. The molecule has 0 spiro atoms. The van der Waals surface area contributed by atoms with E-state index in [0.29, 0.717) is 13.2 Å². The van der Waals surface area contributed by atoms with Gasteiger partial charge in [-0.1, -0.05) is 0 Å². The number of ether oxygens (including phenoxy) is 2. The van der Waals surface area contributed by atoms with E-state index in [0.717, 1.165) is 29.3 Å². The molecule has 0 aliphatic carbocycles. The van der Waals surface area contributed by atoms with E-state index in [1.165, 1.54) is 9.75 Å². The second-order valence-electron chi connectivity index (χ2n) is 6.60. The molecule has 0 fully saturated rings. The molecule has 4 nitrogen and oxygen atoms in total. The van der Waals surface area contributed by atoms with Gasteiger partial charge in [0.25, 0.3) is 0 Å². The molecule has 34 heavy (non-hydrogen) atoms. The summed E-state index contributed by atoms with van der Waals surface area (Å²) in [6.45, 7) is 4.16. The van der Waals surface area contributed by atoms with Gasteiger partial charge < -0.3 is 9.47 Å². The number of esters is 2. The van der Waals surface area contributed by atoms with E-state index in [-0.39, 0.29) is 0 Å². The lowest BCUT2D eigenvalue weighted by molar-refractivity contribution is -0.137. The molecule has 4 aromatic rings. The second-order valence-corrected chi connectivity index (χ2v) is 10.9. The highest BCUT2D eigenvalue weighted by molar-refractivity contribution is 7.28. The first kappa shape index (κ1) is 24.0. The Morgan fingerprint density at radius 1 is 0.588 bits per heavy atom. The zero-order valence-corrected chi connectivity index (χ0v) is 21.6. The van der Waals surface area contributed by atoms with Crippen molar-refractivity contribution in [2.75, 3.05) is 13.2 Å². The van der Waals surface area contributed by atoms with E-state index in [1.807, 2.05) is 24.3 Å². The van der Waals surface area contributed by atoms with Crippen LogP contribution in [0.3, 0.4) is 0 Å². The molecular formula is C26H18O4S4. The highest BCUT2D eigenvalue weighted by atomic mass is 32.1. The molecule has 0 aliphatic heterocycles. The molecule has 0 amide bonds. The molecule has 8 heteroatoms. The number of thiophene rings is 4. The molecule has 4 aromatic heterocycles. The Hall–Kier alpha value is -3.14. The summed E-state index contributed by atoms with van der Waals surface area (Å²) in [5.41, 5.74) is 0. The molecule has 0 unspecified atom stereocenters. The topological polar surface area (TPSA) is 52.6 Å². The van der Waals surface area contributed by atoms with E-state index in [9.17, 15) is 9.59 Å². The van der Waals surface area contributed by atoms with Crippen molar-refractivity contribution in [1.29, 1.82) is 0 Å². The van der Waals surface area contributed by atoms with Crippen molar-refractivity contribution in [1.82, 2.24) is 0 Å². The van der Waals surface area contributed by atoms with Crippen LogP contribution < -0.4 is 0 Å². The Kier molecular flexibility index (Phi) is 7.99. The first-order chi connectivity index (χ1) is 16.6. The van der Waals surface area contributed by atoms with E-state index in [2.05, 4.69) is 47.9 Å². The molecule has 0 N–H and O–H groups in total. The smallest absolute Gasteiger partial charge is 0.384 e. The van der Waals surface area contributed by atoms with Crippen LogP contribution in [0, 0.1) is 23.7 Å². The molecule has 0 aromatic carbocycles. The summed E-state index contributed by atoms with van der Waals surface area (Å²) in [4.78, 5) is 31.5. The highest BCUT2D eigenvalue weighted by Crippen LogP contribution is 2.42. The number of carbonyl (C=O) groups excluding carboxylic acids is 2. The van der Waals surface area contributed by atoms with Crippen LogP contribution in [0.2, 0.25) is 0 Å². The van der Waals surface area contributed by atoms with Gasteiger partial charge in [-0.2, -0.15) is 0 Å². The largest absolute Gasteiger partial charge is 0.456 e. The Morgan fingerprint density at radius 2 is 0.912 bits per heavy atom. The van der Waals surface area contributed by atoms with Crippen molar-refractivity contribution in [3.05, 3.63) is 58.3 Å². The Balaban J connectivity index is 1.46. The number of rotatable bonds is 5. The maximum Gasteiger partial charge on any atom is 0.384 e. The van der Waals surface area contributed by atoms with Gasteiger partial charge in [-0.3, -0.25) is 0 Å². The molecule has 4 heterocycles. The first-order valence-corrected chi connectivity index (χ1v) is 13.6. The van der Waals surface area contributed by atoms with Crippen LogP contribution >= 0.6 is 45.3 Å². The Labute approximate surface area is 213 Å². The third kappa shape index (κ3) is 6.05. The van der Waals surface area contributed by atoms with E-state index < -0.39 is 11.9 Å². The highest BCUT2D eigenvalue weighted by Gasteiger charge is 2.11. The summed E-state index contributed by atoms with van der Waals surface area (Å²) >= 11 is 6.57. The van der Waals surface area contributed by atoms with E-state index in [4.69, 9.17) is 9.47 Å². The molecule has 0 atom stereocenters. The SMILES string of the molecule is CCOC(=O)C#Cc1ccc(-c2ccc(-c3ccc(-c4ccc(C#CC(=O)OCC)s4)s3)s2)s1. The summed E-state index contributed by atoms with van der Waals surface area (Å²) < 4.78 is 9.69. The van der Waals surface area contributed by atoms with Crippen molar-refractivity contribution in [3.8, 4) is 52.9 Å². The maximum absolute atomic E-state index is 11.4. The average Bonchev–Trinajstić information content (AvgIpc) is 3.61. The zero-order valence-electron chi connectivity index (χ0n) is 18.3. The van der Waals surface area contributed by atoms with Gasteiger partial charge in [-0.05, 0) is 74.2 Å². The summed E-state index contributed by atoms with van der Waals surface area (Å²) in [5, 5.41) is 0. The van der Waals surface area contributed by atoms with Crippen LogP contribution in [-0.2, 0) is 19.1 Å². The van der Waals surface area contributed by atoms with Gasteiger partial charge >= 0.3 is 11.9 Å². The predicted octanol–water partition coefficient (Wildman–Crippen LogP) is 6.76. The molecule has 4 rings (SSSR count). The average molecular weight is 523 g/mol. The Morgan fingerprint density at radius 3 is 1.26 bits per heavy atom. The molecule has 0 aliphatic rings. The molecule has 170 valence electrons. The molecular weight excluding hydrogens is 505 g/mol. The third-order valence-corrected chi connectivity index (χ3v) is 9.04. The maximum atomic E-state index is 11.4. The molecule has 0 saturated heterocycles. The Bertz CT molecular complexity index is 1330. The number of hydrogen-bond donors (Lipinski definition) is 0. The third-order valence-electron chi connectivity index (χ3n) is 4.28. The summed E-state index contributed by atoms with van der Waals surface area (Å²) in [7, 11) is 0. The van der Waals surface area contributed by atoms with E-state index >= 15 is 0 Å². The number of carbonyl (C=O) groups is 2. The minimum Gasteiger partial charge on any atom is -0.456 e. The molecule has 0 bridgehead atoms. The lowest BCUT2D eigenvalue weighted by atomic mass is 10.3. The number of hydrogen-bond acceptors (Lipinski definition) is 8. The molecule has 0 radical (unpaired) electrons.